The summed E-state index contributed by atoms with van der Waals surface area (Å²) in [6.07, 6.45) is 0.689. The summed E-state index contributed by atoms with van der Waals surface area (Å²) >= 11 is 0. The summed E-state index contributed by atoms with van der Waals surface area (Å²) in [5.41, 5.74) is 13.4. The summed E-state index contributed by atoms with van der Waals surface area (Å²) in [7, 11) is 0. The van der Waals surface area contributed by atoms with Crippen molar-refractivity contribution in [2.24, 2.45) is 0 Å². The molecule has 1 aliphatic heterocycles. The Morgan fingerprint density at radius 2 is 1.82 bits per heavy atom. The average Bonchev–Trinajstić information content (AvgIpc) is 3.23. The summed E-state index contributed by atoms with van der Waals surface area (Å²) in [6, 6.07) is 14.6. The van der Waals surface area contributed by atoms with Gasteiger partial charge in [0, 0.05) is 35.1 Å². The van der Waals surface area contributed by atoms with Gasteiger partial charge in [-0.05, 0) is 51.5 Å². The van der Waals surface area contributed by atoms with Gasteiger partial charge in [0.2, 0.25) is 0 Å². The summed E-state index contributed by atoms with van der Waals surface area (Å²) in [4.78, 5) is 12.7. The van der Waals surface area contributed by atoms with Gasteiger partial charge in [-0.3, -0.25) is 4.79 Å². The van der Waals surface area contributed by atoms with E-state index in [1.807, 2.05) is 26.0 Å². The maximum Gasteiger partial charge on any atom is 0.252 e. The first-order valence-electron chi connectivity index (χ1n) is 9.96. The first-order valence-corrected chi connectivity index (χ1v) is 9.96. The topological polar surface area (TPSA) is 58.1 Å². The molecule has 4 rings (SSSR count). The van der Waals surface area contributed by atoms with Gasteiger partial charge in [-0.15, -0.1) is 0 Å². The van der Waals surface area contributed by atoms with Gasteiger partial charge in [-0.25, -0.2) is 10.9 Å². The lowest BCUT2D eigenvalue weighted by atomic mass is 10.0. The van der Waals surface area contributed by atoms with Crippen LogP contribution in [0.4, 0.5) is 0 Å². The molecule has 2 atom stereocenters. The number of benzene rings is 2. The molecule has 5 nitrogen and oxygen atoms in total. The third-order valence-corrected chi connectivity index (χ3v) is 5.61. The molecular weight excluding hydrogens is 348 g/mol. The van der Waals surface area contributed by atoms with Gasteiger partial charge in [0.25, 0.3) is 5.91 Å². The minimum Gasteiger partial charge on any atom is -0.343 e. The van der Waals surface area contributed by atoms with Crippen molar-refractivity contribution in [3.8, 4) is 0 Å². The van der Waals surface area contributed by atoms with Crippen LogP contribution in [0, 0.1) is 20.8 Å². The Labute approximate surface area is 166 Å². The second-order valence-corrected chi connectivity index (χ2v) is 7.75. The van der Waals surface area contributed by atoms with E-state index in [0.717, 1.165) is 24.1 Å². The van der Waals surface area contributed by atoms with E-state index in [-0.39, 0.29) is 18.1 Å². The van der Waals surface area contributed by atoms with E-state index in [1.165, 1.54) is 22.2 Å². The number of fused-ring (bicyclic) bond motifs is 1. The summed E-state index contributed by atoms with van der Waals surface area (Å²) in [5.74, 6) is -0.0421. The fourth-order valence-electron chi connectivity index (χ4n) is 4.46. The number of nitrogens with one attached hydrogen (secondary N) is 3. The Hall–Kier alpha value is -2.63. The Kier molecular flexibility index (Phi) is 4.96. The smallest absolute Gasteiger partial charge is 0.252 e. The number of rotatable bonds is 4. The monoisotopic (exact) mass is 376 g/mol. The molecule has 0 aliphatic carbocycles. The van der Waals surface area contributed by atoms with Gasteiger partial charge in [0.05, 0.1) is 12.2 Å². The van der Waals surface area contributed by atoms with E-state index < -0.39 is 0 Å². The first kappa shape index (κ1) is 18.7. The highest BCUT2D eigenvalue weighted by atomic mass is 16.1. The number of hydrazine groups is 1. The van der Waals surface area contributed by atoms with E-state index >= 15 is 0 Å². The number of carbonyl (C=O) groups is 1. The van der Waals surface area contributed by atoms with Crippen molar-refractivity contribution >= 4 is 16.8 Å². The number of para-hydroxylation sites is 1. The lowest BCUT2D eigenvalue weighted by Gasteiger charge is -2.15. The second-order valence-electron chi connectivity index (χ2n) is 7.75. The number of aromatic nitrogens is 1. The van der Waals surface area contributed by atoms with Crippen molar-refractivity contribution in [2.75, 3.05) is 0 Å². The van der Waals surface area contributed by atoms with Gasteiger partial charge in [-0.2, -0.15) is 0 Å². The molecule has 1 saturated heterocycles. The molecular formula is C23H28N4O. The minimum atomic E-state index is -0.110. The van der Waals surface area contributed by atoms with E-state index in [2.05, 4.69) is 64.9 Å². The molecule has 3 aromatic rings. The molecule has 0 bridgehead atoms. The Morgan fingerprint density at radius 1 is 1.11 bits per heavy atom. The Morgan fingerprint density at radius 3 is 2.54 bits per heavy atom. The second kappa shape index (κ2) is 7.41. The number of hydrogen-bond donors (Lipinski definition) is 3. The van der Waals surface area contributed by atoms with Crippen LogP contribution in [0.1, 0.15) is 52.1 Å². The van der Waals surface area contributed by atoms with E-state index in [1.54, 1.807) is 0 Å². The molecule has 1 aliphatic rings. The Bertz CT molecular complexity index is 1020. The zero-order valence-corrected chi connectivity index (χ0v) is 17.0. The lowest BCUT2D eigenvalue weighted by Crippen LogP contribution is -2.44. The molecule has 0 saturated carbocycles. The van der Waals surface area contributed by atoms with Crippen LogP contribution in [0.2, 0.25) is 0 Å². The van der Waals surface area contributed by atoms with E-state index in [4.69, 9.17) is 0 Å². The van der Waals surface area contributed by atoms with Gasteiger partial charge in [-0.1, -0.05) is 35.4 Å². The van der Waals surface area contributed by atoms with Crippen molar-refractivity contribution in [2.45, 2.75) is 52.9 Å². The molecule has 28 heavy (non-hydrogen) atoms. The summed E-state index contributed by atoms with van der Waals surface area (Å²) < 4.78 is 2.37. The average molecular weight is 377 g/mol. The van der Waals surface area contributed by atoms with Gasteiger partial charge >= 0.3 is 0 Å². The number of nitrogens with zero attached hydrogens (tertiary/aromatic N) is 1. The highest BCUT2D eigenvalue weighted by Gasteiger charge is 2.30. The molecule has 3 N–H and O–H groups in total. The molecule has 1 fully saturated rings. The van der Waals surface area contributed by atoms with Crippen LogP contribution >= 0.6 is 0 Å². The van der Waals surface area contributed by atoms with Crippen LogP contribution in [0.3, 0.4) is 0 Å². The van der Waals surface area contributed by atoms with Crippen LogP contribution in [-0.2, 0) is 6.54 Å². The normalized spacial score (nSPS) is 19.3. The predicted octanol–water partition coefficient (Wildman–Crippen LogP) is 3.88. The van der Waals surface area contributed by atoms with Crippen molar-refractivity contribution in [1.29, 1.82) is 0 Å². The molecule has 5 heteroatoms. The van der Waals surface area contributed by atoms with E-state index in [0.29, 0.717) is 5.56 Å². The third-order valence-electron chi connectivity index (χ3n) is 5.61. The molecule has 146 valence electrons. The van der Waals surface area contributed by atoms with Crippen LogP contribution in [-0.4, -0.2) is 16.6 Å². The summed E-state index contributed by atoms with van der Waals surface area (Å²) in [5, 5.41) is 4.41. The lowest BCUT2D eigenvalue weighted by molar-refractivity contribution is 0.0932. The summed E-state index contributed by atoms with van der Waals surface area (Å²) in [6.45, 7) is 9.31. The van der Waals surface area contributed by atoms with Gasteiger partial charge in [0.1, 0.15) is 0 Å². The quantitative estimate of drug-likeness (QED) is 0.648. The van der Waals surface area contributed by atoms with Crippen LogP contribution in [0.5, 0.6) is 0 Å². The van der Waals surface area contributed by atoms with Crippen molar-refractivity contribution < 1.29 is 4.79 Å². The standard InChI is InChI=1S/C23H28N4O/c1-5-27-20-9-7-6-8-18(20)16(4)22(27)19-13-21(26-25-19)24-23(28)17-11-14(2)10-15(3)12-17/h6-12,19,21,25-26H,5,13H2,1-4H3,(H,24,28). The van der Waals surface area contributed by atoms with Crippen molar-refractivity contribution in [3.05, 3.63) is 70.4 Å². The molecule has 2 heterocycles. The minimum absolute atomic E-state index is 0.0421. The molecule has 1 aromatic heterocycles. The van der Waals surface area contributed by atoms with Crippen LogP contribution < -0.4 is 16.2 Å². The number of aryl methyl sites for hydroxylation is 4. The molecule has 1 amide bonds. The van der Waals surface area contributed by atoms with Crippen molar-refractivity contribution in [3.63, 3.8) is 0 Å². The highest BCUT2D eigenvalue weighted by molar-refractivity contribution is 5.94. The maximum atomic E-state index is 12.7. The van der Waals surface area contributed by atoms with Gasteiger partial charge in [0.15, 0.2) is 0 Å². The molecule has 2 unspecified atom stereocenters. The number of hydrogen-bond acceptors (Lipinski definition) is 3. The SMILES string of the molecule is CCn1c(C2CC(NC(=O)c3cc(C)cc(C)c3)NN2)c(C)c2ccccc21. The largest absolute Gasteiger partial charge is 0.343 e. The highest BCUT2D eigenvalue weighted by Crippen LogP contribution is 2.32. The maximum absolute atomic E-state index is 12.7. The number of carbonyl (C=O) groups excluding carboxylic acids is 1. The molecule has 0 spiro atoms. The van der Waals surface area contributed by atoms with Crippen LogP contribution in [0.15, 0.2) is 42.5 Å². The predicted molar refractivity (Wildman–Crippen MR) is 113 cm³/mol. The zero-order valence-electron chi connectivity index (χ0n) is 17.0. The van der Waals surface area contributed by atoms with Crippen LogP contribution in [0.25, 0.3) is 10.9 Å². The van der Waals surface area contributed by atoms with E-state index in [9.17, 15) is 4.79 Å². The fourth-order valence-corrected chi connectivity index (χ4v) is 4.46. The molecule has 2 aromatic carbocycles. The van der Waals surface area contributed by atoms with Crippen molar-refractivity contribution in [1.82, 2.24) is 20.7 Å². The van der Waals surface area contributed by atoms with Gasteiger partial charge < -0.3 is 9.88 Å². The third kappa shape index (κ3) is 3.32. The Balaban J connectivity index is 1.54. The zero-order chi connectivity index (χ0) is 19.8. The fraction of sp³-hybridized carbons (Fsp3) is 0.348. The first-order chi connectivity index (χ1) is 13.5. The number of amides is 1. The molecule has 0 radical (unpaired) electrons.